The first-order valence-electron chi connectivity index (χ1n) is 11.4. The number of hydrogen-bond donors (Lipinski definition) is 1. The van der Waals surface area contributed by atoms with Gasteiger partial charge in [0.15, 0.2) is 0 Å². The fourth-order valence-electron chi connectivity index (χ4n) is 5.80. The Kier molecular flexibility index (Phi) is 6.15. The van der Waals surface area contributed by atoms with Crippen molar-refractivity contribution in [2.24, 2.45) is 11.8 Å². The topological polar surface area (TPSA) is 62.3 Å². The van der Waals surface area contributed by atoms with Crippen molar-refractivity contribution < 1.29 is 19.4 Å². The summed E-state index contributed by atoms with van der Waals surface area (Å²) >= 11 is 0. The number of aliphatic hydroxyl groups is 1. The van der Waals surface area contributed by atoms with Crippen LogP contribution in [0.15, 0.2) is 11.6 Å². The maximum Gasteiger partial charge on any atom is 0.311 e. The molecule has 5 heteroatoms. The van der Waals surface area contributed by atoms with E-state index in [2.05, 4.69) is 24.8 Å². The van der Waals surface area contributed by atoms with E-state index in [4.69, 9.17) is 9.47 Å². The fourth-order valence-corrected chi connectivity index (χ4v) is 5.80. The number of allylic oxidation sites excluding steroid dienone is 2. The van der Waals surface area contributed by atoms with Gasteiger partial charge in [-0.25, -0.2) is 0 Å². The maximum atomic E-state index is 12.9. The summed E-state index contributed by atoms with van der Waals surface area (Å²) in [6.45, 7) is 5.90. The Hall–Kier alpha value is -0.910. The molecule has 0 spiro atoms. The van der Waals surface area contributed by atoms with E-state index in [-0.39, 0.29) is 42.2 Å². The predicted molar refractivity (Wildman–Crippen MR) is 108 cm³/mol. The Morgan fingerprint density at radius 3 is 2.79 bits per heavy atom. The number of carbonyl (C=O) groups is 1. The lowest BCUT2D eigenvalue weighted by Gasteiger charge is -2.36. The van der Waals surface area contributed by atoms with Crippen molar-refractivity contribution in [3.63, 3.8) is 0 Å². The molecule has 28 heavy (non-hydrogen) atoms. The molecule has 1 N–H and O–H groups in total. The second-order valence-electron chi connectivity index (χ2n) is 9.66. The number of carbonyl (C=O) groups excluding carboxylic acids is 1. The van der Waals surface area contributed by atoms with E-state index in [9.17, 15) is 9.90 Å². The molecule has 2 aliphatic heterocycles. The molecule has 0 radical (unpaired) electrons. The van der Waals surface area contributed by atoms with Gasteiger partial charge in [-0.3, -0.25) is 9.69 Å². The number of aliphatic hydroxyl groups excluding tert-OH is 1. The minimum atomic E-state index is -0.139. The zero-order valence-electron chi connectivity index (χ0n) is 17.6. The second kappa shape index (κ2) is 8.45. The second-order valence-corrected chi connectivity index (χ2v) is 9.66. The molecule has 2 heterocycles. The number of nitrogens with zero attached hydrogens (tertiary/aromatic N) is 1. The summed E-state index contributed by atoms with van der Waals surface area (Å²) in [6, 6.07) is 0.497. The molecule has 0 aromatic heterocycles. The van der Waals surface area contributed by atoms with Crippen LogP contribution in [0.25, 0.3) is 0 Å². The smallest absolute Gasteiger partial charge is 0.311 e. The summed E-state index contributed by atoms with van der Waals surface area (Å²) in [4.78, 5) is 15.3. The molecule has 0 amide bonds. The molecule has 5 atom stereocenters. The molecule has 0 unspecified atom stereocenters. The molecule has 2 aliphatic carbocycles. The summed E-state index contributed by atoms with van der Waals surface area (Å²) in [5.74, 6) is 0.0668. The first-order chi connectivity index (χ1) is 13.5. The Morgan fingerprint density at radius 1 is 1.25 bits per heavy atom. The first kappa shape index (κ1) is 20.4. The number of rotatable bonds is 5. The average molecular weight is 392 g/mol. The van der Waals surface area contributed by atoms with Gasteiger partial charge in [-0.1, -0.05) is 30.9 Å². The Bertz CT molecular complexity index is 599. The van der Waals surface area contributed by atoms with Gasteiger partial charge in [0, 0.05) is 25.0 Å². The van der Waals surface area contributed by atoms with Crippen molar-refractivity contribution >= 4 is 5.97 Å². The van der Waals surface area contributed by atoms with Crippen LogP contribution >= 0.6 is 0 Å². The Balaban J connectivity index is 1.51. The zero-order valence-corrected chi connectivity index (χ0v) is 17.6. The third kappa shape index (κ3) is 4.17. The summed E-state index contributed by atoms with van der Waals surface area (Å²) in [6.07, 6.45) is 12.5. The highest BCUT2D eigenvalue weighted by atomic mass is 16.6. The maximum absolute atomic E-state index is 12.9. The summed E-state index contributed by atoms with van der Waals surface area (Å²) in [5, 5.41) is 9.62. The summed E-state index contributed by atoms with van der Waals surface area (Å²) in [7, 11) is 0. The van der Waals surface area contributed by atoms with Crippen molar-refractivity contribution in [2.75, 3.05) is 19.7 Å². The highest BCUT2D eigenvalue weighted by Crippen LogP contribution is 2.50. The standard InChI is InChI=1S/C23H37NO4/c1-16-7-6-12-23(2)21(28-23)20-18(11-10-16)19(22(26)27-20)15-24(13-14-25)17-8-4-3-5-9-17/h7,17-21,25H,3-6,8-15H2,1-2H3/b16-7+/t18-,19-,20-,21+,23+/m0/s1. The van der Waals surface area contributed by atoms with E-state index in [0.29, 0.717) is 12.6 Å². The molecule has 2 saturated heterocycles. The van der Waals surface area contributed by atoms with Crippen molar-refractivity contribution in [1.29, 1.82) is 0 Å². The van der Waals surface area contributed by atoms with E-state index in [1.54, 1.807) is 0 Å². The lowest BCUT2D eigenvalue weighted by molar-refractivity contribution is -0.145. The van der Waals surface area contributed by atoms with Gasteiger partial charge in [0.2, 0.25) is 0 Å². The Morgan fingerprint density at radius 2 is 2.04 bits per heavy atom. The summed E-state index contributed by atoms with van der Waals surface area (Å²) in [5.41, 5.74) is 1.28. The van der Waals surface area contributed by atoms with Gasteiger partial charge in [0.05, 0.1) is 18.1 Å². The van der Waals surface area contributed by atoms with Gasteiger partial charge in [-0.15, -0.1) is 0 Å². The SMILES string of the molecule is C/C1=C\CC[C@@]2(C)O[C@@H]2[C@H]2OC(=O)[C@@H](CN(CCO)C3CCCCC3)[C@@H]2CC1. The number of hydrogen-bond acceptors (Lipinski definition) is 5. The van der Waals surface area contributed by atoms with Gasteiger partial charge in [-0.2, -0.15) is 0 Å². The Labute approximate surface area is 169 Å². The predicted octanol–water partition coefficient (Wildman–Crippen LogP) is 3.45. The quantitative estimate of drug-likeness (QED) is 0.442. The van der Waals surface area contributed by atoms with Crippen LogP contribution in [0.3, 0.4) is 0 Å². The lowest BCUT2D eigenvalue weighted by atomic mass is 9.80. The molecule has 1 saturated carbocycles. The molecule has 5 nitrogen and oxygen atoms in total. The van der Waals surface area contributed by atoms with Crippen LogP contribution in [0, 0.1) is 11.8 Å². The molecule has 0 bridgehead atoms. The number of fused-ring (bicyclic) bond motifs is 3. The number of epoxide rings is 1. The van der Waals surface area contributed by atoms with Gasteiger partial charge in [-0.05, 0) is 52.4 Å². The molecule has 4 rings (SSSR count). The zero-order chi connectivity index (χ0) is 19.7. The van der Waals surface area contributed by atoms with Crippen LogP contribution in [0.1, 0.15) is 71.6 Å². The van der Waals surface area contributed by atoms with Crippen LogP contribution in [0.5, 0.6) is 0 Å². The fraction of sp³-hybridized carbons (Fsp3) is 0.870. The molecule has 0 aromatic carbocycles. The minimum Gasteiger partial charge on any atom is -0.459 e. The summed E-state index contributed by atoms with van der Waals surface area (Å²) < 4.78 is 12.0. The lowest BCUT2D eigenvalue weighted by Crippen LogP contribution is -2.44. The van der Waals surface area contributed by atoms with Gasteiger partial charge >= 0.3 is 5.97 Å². The van der Waals surface area contributed by atoms with Gasteiger partial charge < -0.3 is 14.6 Å². The van der Waals surface area contributed by atoms with E-state index < -0.39 is 0 Å². The number of ether oxygens (including phenoxy) is 2. The van der Waals surface area contributed by atoms with E-state index in [0.717, 1.165) is 32.2 Å². The normalized spacial score (nSPS) is 41.0. The monoisotopic (exact) mass is 391 g/mol. The molecule has 4 aliphatic rings. The highest BCUT2D eigenvalue weighted by molar-refractivity contribution is 5.76. The molecule has 158 valence electrons. The van der Waals surface area contributed by atoms with Crippen LogP contribution in [-0.2, 0) is 14.3 Å². The largest absolute Gasteiger partial charge is 0.459 e. The average Bonchev–Trinajstić information content (AvgIpc) is 3.26. The van der Waals surface area contributed by atoms with Crippen LogP contribution < -0.4 is 0 Å². The molecule has 0 aromatic rings. The number of esters is 1. The van der Waals surface area contributed by atoms with Crippen LogP contribution in [-0.4, -0.2) is 59.5 Å². The van der Waals surface area contributed by atoms with Crippen molar-refractivity contribution in [1.82, 2.24) is 4.90 Å². The highest BCUT2D eigenvalue weighted by Gasteiger charge is 2.62. The van der Waals surface area contributed by atoms with E-state index >= 15 is 0 Å². The third-order valence-electron chi connectivity index (χ3n) is 7.65. The van der Waals surface area contributed by atoms with Crippen molar-refractivity contribution in [3.8, 4) is 0 Å². The minimum absolute atomic E-state index is 0.0486. The van der Waals surface area contributed by atoms with Crippen molar-refractivity contribution in [3.05, 3.63) is 11.6 Å². The van der Waals surface area contributed by atoms with Crippen LogP contribution in [0.2, 0.25) is 0 Å². The first-order valence-corrected chi connectivity index (χ1v) is 11.4. The van der Waals surface area contributed by atoms with Gasteiger partial charge in [0.25, 0.3) is 0 Å². The van der Waals surface area contributed by atoms with E-state index in [1.807, 2.05) is 0 Å². The van der Waals surface area contributed by atoms with Gasteiger partial charge in [0.1, 0.15) is 12.2 Å². The van der Waals surface area contributed by atoms with E-state index in [1.165, 1.54) is 37.7 Å². The molecular weight excluding hydrogens is 354 g/mol. The molecule has 3 fully saturated rings. The van der Waals surface area contributed by atoms with Crippen molar-refractivity contribution in [2.45, 2.75) is 95.5 Å². The third-order valence-corrected chi connectivity index (χ3v) is 7.65. The molecular formula is C23H37NO4. The van der Waals surface area contributed by atoms with Crippen LogP contribution in [0.4, 0.5) is 0 Å².